The minimum absolute atomic E-state index is 0.195. The molecule has 0 heterocycles. The van der Waals surface area contributed by atoms with Crippen molar-refractivity contribution in [1.82, 2.24) is 10.2 Å². The molecule has 1 saturated carbocycles. The number of nitrogens with zero attached hydrogens (tertiary/aromatic N) is 1. The SMILES string of the molecule is CC(CNCC(O)CC(=O)O)N(C)C1CC1. The maximum absolute atomic E-state index is 10.3. The van der Waals surface area contributed by atoms with Crippen molar-refractivity contribution < 1.29 is 15.0 Å². The van der Waals surface area contributed by atoms with Gasteiger partial charge in [-0.3, -0.25) is 9.69 Å². The first-order valence-electron chi connectivity index (χ1n) is 5.83. The zero-order chi connectivity index (χ0) is 12.1. The van der Waals surface area contributed by atoms with Crippen LogP contribution in [-0.2, 0) is 4.79 Å². The van der Waals surface area contributed by atoms with Crippen molar-refractivity contribution in [2.75, 3.05) is 20.1 Å². The Morgan fingerprint density at radius 1 is 1.50 bits per heavy atom. The van der Waals surface area contributed by atoms with Crippen molar-refractivity contribution in [1.29, 1.82) is 0 Å². The predicted molar refractivity (Wildman–Crippen MR) is 61.4 cm³/mol. The third kappa shape index (κ3) is 4.92. The van der Waals surface area contributed by atoms with E-state index in [1.807, 2.05) is 0 Å². The van der Waals surface area contributed by atoms with Gasteiger partial charge in [-0.1, -0.05) is 0 Å². The maximum atomic E-state index is 10.3. The molecule has 1 aliphatic carbocycles. The minimum atomic E-state index is -0.961. The maximum Gasteiger partial charge on any atom is 0.306 e. The number of nitrogens with one attached hydrogen (secondary N) is 1. The highest BCUT2D eigenvalue weighted by Crippen LogP contribution is 2.26. The monoisotopic (exact) mass is 230 g/mol. The second-order valence-corrected chi connectivity index (χ2v) is 4.66. The normalized spacial score (nSPS) is 19.8. The molecule has 1 fully saturated rings. The summed E-state index contributed by atoms with van der Waals surface area (Å²) in [6, 6.07) is 1.14. The molecule has 94 valence electrons. The first-order valence-corrected chi connectivity index (χ1v) is 5.83. The van der Waals surface area contributed by atoms with Crippen LogP contribution in [0.5, 0.6) is 0 Å². The Bertz CT molecular complexity index is 231. The van der Waals surface area contributed by atoms with Crippen LogP contribution in [0.3, 0.4) is 0 Å². The highest BCUT2D eigenvalue weighted by molar-refractivity contribution is 5.67. The zero-order valence-corrected chi connectivity index (χ0v) is 10.0. The Balaban J connectivity index is 2.07. The lowest BCUT2D eigenvalue weighted by Gasteiger charge is -2.25. The molecule has 0 aliphatic heterocycles. The Labute approximate surface area is 96.4 Å². The summed E-state index contributed by atoms with van der Waals surface area (Å²) in [4.78, 5) is 12.6. The van der Waals surface area contributed by atoms with E-state index in [9.17, 15) is 9.90 Å². The van der Waals surface area contributed by atoms with Gasteiger partial charge in [-0.2, -0.15) is 0 Å². The molecule has 0 aromatic heterocycles. The van der Waals surface area contributed by atoms with Crippen LogP contribution >= 0.6 is 0 Å². The van der Waals surface area contributed by atoms with E-state index in [0.717, 1.165) is 12.6 Å². The van der Waals surface area contributed by atoms with Crippen LogP contribution in [0.25, 0.3) is 0 Å². The number of likely N-dealkylation sites (N-methyl/N-ethyl adjacent to an activating group) is 1. The molecule has 1 aliphatic rings. The van der Waals surface area contributed by atoms with E-state index in [1.165, 1.54) is 12.8 Å². The van der Waals surface area contributed by atoms with Gasteiger partial charge in [0.1, 0.15) is 0 Å². The third-order valence-electron chi connectivity index (χ3n) is 3.05. The summed E-state index contributed by atoms with van der Waals surface area (Å²) in [6.07, 6.45) is 1.57. The lowest BCUT2D eigenvalue weighted by Crippen LogP contribution is -2.41. The molecular formula is C11H22N2O3. The summed E-state index contributed by atoms with van der Waals surface area (Å²) < 4.78 is 0. The van der Waals surface area contributed by atoms with E-state index in [2.05, 4.69) is 24.2 Å². The topological polar surface area (TPSA) is 72.8 Å². The summed E-state index contributed by atoms with van der Waals surface area (Å²) in [5.41, 5.74) is 0. The Hall–Kier alpha value is -0.650. The van der Waals surface area contributed by atoms with Crippen molar-refractivity contribution in [2.24, 2.45) is 0 Å². The molecule has 0 radical (unpaired) electrons. The molecule has 2 atom stereocenters. The highest BCUT2D eigenvalue weighted by Gasteiger charge is 2.28. The van der Waals surface area contributed by atoms with Crippen molar-refractivity contribution in [3.63, 3.8) is 0 Å². The minimum Gasteiger partial charge on any atom is -0.481 e. The summed E-state index contributed by atoms with van der Waals surface area (Å²) in [7, 11) is 2.11. The number of hydrogen-bond donors (Lipinski definition) is 3. The van der Waals surface area contributed by atoms with Crippen molar-refractivity contribution in [3.8, 4) is 0 Å². The molecule has 1 rings (SSSR count). The largest absolute Gasteiger partial charge is 0.481 e. The van der Waals surface area contributed by atoms with E-state index in [0.29, 0.717) is 12.6 Å². The first-order chi connectivity index (χ1) is 7.50. The van der Waals surface area contributed by atoms with Crippen LogP contribution in [0.15, 0.2) is 0 Å². The number of aliphatic hydroxyl groups is 1. The van der Waals surface area contributed by atoms with E-state index in [1.54, 1.807) is 0 Å². The van der Waals surface area contributed by atoms with Crippen LogP contribution in [0, 0.1) is 0 Å². The van der Waals surface area contributed by atoms with Crippen molar-refractivity contribution in [3.05, 3.63) is 0 Å². The highest BCUT2D eigenvalue weighted by atomic mass is 16.4. The quantitative estimate of drug-likeness (QED) is 0.543. The van der Waals surface area contributed by atoms with Gasteiger partial charge in [-0.15, -0.1) is 0 Å². The van der Waals surface area contributed by atoms with Crippen LogP contribution in [0.2, 0.25) is 0 Å². The average Bonchev–Trinajstić information content (AvgIpc) is 2.98. The lowest BCUT2D eigenvalue weighted by molar-refractivity contribution is -0.139. The summed E-state index contributed by atoms with van der Waals surface area (Å²) in [5, 5.41) is 20.9. The van der Waals surface area contributed by atoms with Gasteiger partial charge in [0.2, 0.25) is 0 Å². The Kier molecular flexibility index (Phi) is 5.18. The Morgan fingerprint density at radius 2 is 2.12 bits per heavy atom. The van der Waals surface area contributed by atoms with E-state index < -0.39 is 12.1 Å². The van der Waals surface area contributed by atoms with Crippen molar-refractivity contribution in [2.45, 2.75) is 44.4 Å². The summed E-state index contributed by atoms with van der Waals surface area (Å²) >= 11 is 0. The molecule has 3 N–H and O–H groups in total. The first kappa shape index (κ1) is 13.4. The summed E-state index contributed by atoms with van der Waals surface area (Å²) in [6.45, 7) is 3.26. The van der Waals surface area contributed by atoms with Crippen LogP contribution in [-0.4, -0.2) is 59.4 Å². The Morgan fingerprint density at radius 3 is 2.62 bits per heavy atom. The molecule has 5 heteroatoms. The predicted octanol–water partition coefficient (Wildman–Crippen LogP) is -0.106. The van der Waals surface area contributed by atoms with Crippen LogP contribution in [0.4, 0.5) is 0 Å². The van der Waals surface area contributed by atoms with Gasteiger partial charge < -0.3 is 15.5 Å². The molecule has 0 aromatic rings. The number of aliphatic carboxylic acids is 1. The smallest absolute Gasteiger partial charge is 0.306 e. The van der Waals surface area contributed by atoms with Gasteiger partial charge in [-0.25, -0.2) is 0 Å². The van der Waals surface area contributed by atoms with E-state index >= 15 is 0 Å². The second kappa shape index (κ2) is 6.18. The van der Waals surface area contributed by atoms with Crippen LogP contribution in [0.1, 0.15) is 26.2 Å². The van der Waals surface area contributed by atoms with E-state index in [-0.39, 0.29) is 6.42 Å². The molecule has 2 unspecified atom stereocenters. The third-order valence-corrected chi connectivity index (χ3v) is 3.05. The average molecular weight is 230 g/mol. The van der Waals surface area contributed by atoms with Gasteiger partial charge in [0.25, 0.3) is 0 Å². The fourth-order valence-electron chi connectivity index (χ4n) is 1.72. The number of carboxylic acid groups (broad SMARTS) is 1. The molecule has 0 bridgehead atoms. The molecule has 5 nitrogen and oxygen atoms in total. The number of hydrogen-bond acceptors (Lipinski definition) is 4. The molecular weight excluding hydrogens is 208 g/mol. The fourth-order valence-corrected chi connectivity index (χ4v) is 1.72. The van der Waals surface area contributed by atoms with Gasteiger partial charge in [0, 0.05) is 25.2 Å². The molecule has 0 saturated heterocycles. The standard InChI is InChI=1S/C11H22N2O3/c1-8(13(2)9-3-4-9)6-12-7-10(14)5-11(15)16/h8-10,12,14H,3-7H2,1-2H3,(H,15,16). The molecule has 16 heavy (non-hydrogen) atoms. The van der Waals surface area contributed by atoms with Gasteiger partial charge in [0.05, 0.1) is 12.5 Å². The van der Waals surface area contributed by atoms with Crippen LogP contribution < -0.4 is 5.32 Å². The molecule has 0 spiro atoms. The second-order valence-electron chi connectivity index (χ2n) is 4.66. The summed E-state index contributed by atoms with van der Waals surface area (Å²) in [5.74, 6) is -0.961. The van der Waals surface area contributed by atoms with Gasteiger partial charge >= 0.3 is 5.97 Å². The van der Waals surface area contributed by atoms with Gasteiger partial charge in [0.15, 0.2) is 0 Å². The number of rotatable bonds is 8. The van der Waals surface area contributed by atoms with Gasteiger partial charge in [-0.05, 0) is 26.8 Å². The van der Waals surface area contributed by atoms with Crippen molar-refractivity contribution >= 4 is 5.97 Å². The number of aliphatic hydroxyl groups excluding tert-OH is 1. The molecule has 0 amide bonds. The lowest BCUT2D eigenvalue weighted by atomic mass is 10.2. The number of carbonyl (C=O) groups is 1. The van der Waals surface area contributed by atoms with E-state index in [4.69, 9.17) is 5.11 Å². The molecule has 0 aromatic carbocycles. The fraction of sp³-hybridized carbons (Fsp3) is 0.909. The zero-order valence-electron chi connectivity index (χ0n) is 10.0. The number of carboxylic acids is 1.